The maximum absolute atomic E-state index is 6.33. The van der Waals surface area contributed by atoms with Crippen LogP contribution in [0.4, 0.5) is 0 Å². The third-order valence-corrected chi connectivity index (χ3v) is 5.35. The molecule has 2 aliphatic rings. The maximum Gasteiger partial charge on any atom is 0.0397 e. The monoisotopic (exact) mass is 172 g/mol. The molecule has 2 aliphatic carbocycles. The SMILES string of the molecule is CC1(C)[C@H]2CC[C@@]1(C)[C@H](Cl)C2. The largest absolute Gasteiger partial charge is 0.122 e. The van der Waals surface area contributed by atoms with E-state index in [0.29, 0.717) is 16.2 Å². The van der Waals surface area contributed by atoms with Gasteiger partial charge in [0.1, 0.15) is 0 Å². The molecule has 0 heterocycles. The minimum Gasteiger partial charge on any atom is -0.122 e. The minimum atomic E-state index is 0.430. The van der Waals surface area contributed by atoms with Crippen molar-refractivity contribution in [3.05, 3.63) is 0 Å². The molecule has 3 atom stereocenters. The van der Waals surface area contributed by atoms with E-state index in [9.17, 15) is 0 Å². The molecule has 0 aromatic carbocycles. The van der Waals surface area contributed by atoms with Crippen molar-refractivity contribution in [3.8, 4) is 0 Å². The quantitative estimate of drug-likeness (QED) is 0.491. The molecule has 0 aliphatic heterocycles. The molecule has 0 aromatic rings. The fraction of sp³-hybridized carbons (Fsp3) is 1.00. The Labute approximate surface area is 74.3 Å². The molecule has 2 rings (SSSR count). The second-order valence-electron chi connectivity index (χ2n) is 5.08. The van der Waals surface area contributed by atoms with E-state index in [1.54, 1.807) is 0 Å². The Morgan fingerprint density at radius 3 is 2.09 bits per heavy atom. The Morgan fingerprint density at radius 1 is 1.27 bits per heavy atom. The van der Waals surface area contributed by atoms with Crippen molar-refractivity contribution in [2.24, 2.45) is 16.7 Å². The average Bonchev–Trinajstić information content (AvgIpc) is 2.20. The van der Waals surface area contributed by atoms with E-state index in [0.717, 1.165) is 5.92 Å². The summed E-state index contributed by atoms with van der Waals surface area (Å²) in [5.41, 5.74) is 0.929. The number of alkyl halides is 1. The Balaban J connectivity index is 2.40. The first-order valence-electron chi connectivity index (χ1n) is 4.62. The van der Waals surface area contributed by atoms with Crippen molar-refractivity contribution < 1.29 is 0 Å². The zero-order chi connectivity index (χ0) is 8.28. The van der Waals surface area contributed by atoms with Gasteiger partial charge in [0.15, 0.2) is 0 Å². The summed E-state index contributed by atoms with van der Waals surface area (Å²) in [5, 5.41) is 0.441. The van der Waals surface area contributed by atoms with Crippen molar-refractivity contribution in [2.45, 2.75) is 45.4 Å². The predicted octanol–water partition coefficient (Wildman–Crippen LogP) is 3.44. The molecule has 0 N–H and O–H groups in total. The first-order valence-corrected chi connectivity index (χ1v) is 5.06. The number of fused-ring (bicyclic) bond motifs is 2. The van der Waals surface area contributed by atoms with Gasteiger partial charge in [-0.15, -0.1) is 11.6 Å². The fourth-order valence-electron chi connectivity index (χ4n) is 3.11. The Hall–Kier alpha value is 0.290. The average molecular weight is 173 g/mol. The third-order valence-electron chi connectivity index (χ3n) is 4.69. The molecular formula is C10H17Cl. The van der Waals surface area contributed by atoms with Crippen LogP contribution in [0.3, 0.4) is 0 Å². The number of hydrogen-bond acceptors (Lipinski definition) is 0. The van der Waals surface area contributed by atoms with Crippen LogP contribution in [0.25, 0.3) is 0 Å². The third kappa shape index (κ3) is 0.722. The summed E-state index contributed by atoms with van der Waals surface area (Å²) in [5.74, 6) is 0.898. The van der Waals surface area contributed by atoms with E-state index in [4.69, 9.17) is 11.6 Å². The van der Waals surface area contributed by atoms with E-state index in [2.05, 4.69) is 20.8 Å². The first-order chi connectivity index (χ1) is 4.98. The van der Waals surface area contributed by atoms with Gasteiger partial charge in [0.05, 0.1) is 0 Å². The van der Waals surface area contributed by atoms with Gasteiger partial charge in [0.2, 0.25) is 0 Å². The number of halogens is 1. The normalized spacial score (nSPS) is 53.5. The lowest BCUT2D eigenvalue weighted by molar-refractivity contribution is 0.155. The Bertz CT molecular complexity index is 185. The van der Waals surface area contributed by atoms with Crippen LogP contribution in [0.1, 0.15) is 40.0 Å². The van der Waals surface area contributed by atoms with Crippen LogP contribution < -0.4 is 0 Å². The topological polar surface area (TPSA) is 0 Å². The van der Waals surface area contributed by atoms with E-state index < -0.39 is 0 Å². The van der Waals surface area contributed by atoms with Gasteiger partial charge in [0.25, 0.3) is 0 Å². The van der Waals surface area contributed by atoms with Gasteiger partial charge in [-0.2, -0.15) is 0 Å². The molecule has 0 saturated heterocycles. The highest BCUT2D eigenvalue weighted by atomic mass is 35.5. The van der Waals surface area contributed by atoms with Crippen LogP contribution in [-0.4, -0.2) is 5.38 Å². The summed E-state index contributed by atoms with van der Waals surface area (Å²) >= 11 is 6.33. The molecule has 11 heavy (non-hydrogen) atoms. The van der Waals surface area contributed by atoms with Crippen LogP contribution >= 0.6 is 11.6 Å². The Kier molecular flexibility index (Phi) is 1.41. The van der Waals surface area contributed by atoms with Crippen LogP contribution in [0, 0.1) is 16.7 Å². The predicted molar refractivity (Wildman–Crippen MR) is 48.9 cm³/mol. The molecule has 0 radical (unpaired) electrons. The molecule has 2 saturated carbocycles. The molecule has 2 fully saturated rings. The summed E-state index contributed by atoms with van der Waals surface area (Å²) in [4.78, 5) is 0. The fourth-order valence-corrected chi connectivity index (χ4v) is 3.71. The molecule has 1 heteroatoms. The van der Waals surface area contributed by atoms with Crippen LogP contribution in [-0.2, 0) is 0 Å². The lowest BCUT2D eigenvalue weighted by Gasteiger charge is -2.36. The van der Waals surface area contributed by atoms with Crippen molar-refractivity contribution in [1.82, 2.24) is 0 Å². The summed E-state index contributed by atoms with van der Waals surface area (Å²) < 4.78 is 0. The van der Waals surface area contributed by atoms with E-state index in [1.807, 2.05) is 0 Å². The zero-order valence-corrected chi connectivity index (χ0v) is 8.41. The van der Waals surface area contributed by atoms with Crippen molar-refractivity contribution >= 4 is 11.6 Å². The van der Waals surface area contributed by atoms with Gasteiger partial charge >= 0.3 is 0 Å². The van der Waals surface area contributed by atoms with Gasteiger partial charge in [-0.25, -0.2) is 0 Å². The molecule has 0 spiro atoms. The highest BCUT2D eigenvalue weighted by Gasteiger charge is 2.60. The second-order valence-corrected chi connectivity index (χ2v) is 5.60. The smallest absolute Gasteiger partial charge is 0.0397 e. The maximum atomic E-state index is 6.33. The first kappa shape index (κ1) is 7.91. The van der Waals surface area contributed by atoms with Crippen molar-refractivity contribution in [1.29, 1.82) is 0 Å². The lowest BCUT2D eigenvalue weighted by Crippen LogP contribution is -2.32. The van der Waals surface area contributed by atoms with E-state index in [1.165, 1.54) is 19.3 Å². The highest BCUT2D eigenvalue weighted by molar-refractivity contribution is 6.21. The summed E-state index contributed by atoms with van der Waals surface area (Å²) in [7, 11) is 0. The minimum absolute atomic E-state index is 0.430. The molecule has 0 aromatic heterocycles. The summed E-state index contributed by atoms with van der Waals surface area (Å²) in [6.07, 6.45) is 4.01. The molecular weight excluding hydrogens is 156 g/mol. The highest BCUT2D eigenvalue weighted by Crippen LogP contribution is 2.66. The van der Waals surface area contributed by atoms with E-state index in [-0.39, 0.29) is 0 Å². The van der Waals surface area contributed by atoms with E-state index >= 15 is 0 Å². The van der Waals surface area contributed by atoms with Crippen LogP contribution in [0.15, 0.2) is 0 Å². The van der Waals surface area contributed by atoms with Crippen LogP contribution in [0.5, 0.6) is 0 Å². The van der Waals surface area contributed by atoms with Gasteiger partial charge in [-0.05, 0) is 36.0 Å². The van der Waals surface area contributed by atoms with Gasteiger partial charge in [0, 0.05) is 5.38 Å². The standard InChI is InChI=1S/C10H17Cl/c1-9(2)7-4-5-10(9,3)8(11)6-7/h7-8H,4-6H2,1-3H3/t7-,8+,10-/m0/s1. The van der Waals surface area contributed by atoms with Gasteiger partial charge < -0.3 is 0 Å². The zero-order valence-electron chi connectivity index (χ0n) is 7.65. The Morgan fingerprint density at radius 2 is 1.91 bits per heavy atom. The van der Waals surface area contributed by atoms with Crippen molar-refractivity contribution in [2.75, 3.05) is 0 Å². The van der Waals surface area contributed by atoms with Gasteiger partial charge in [-0.3, -0.25) is 0 Å². The summed E-state index contributed by atoms with van der Waals surface area (Å²) in [6, 6.07) is 0. The van der Waals surface area contributed by atoms with Crippen molar-refractivity contribution in [3.63, 3.8) is 0 Å². The molecule has 0 amide bonds. The van der Waals surface area contributed by atoms with Crippen LogP contribution in [0.2, 0.25) is 0 Å². The van der Waals surface area contributed by atoms with Gasteiger partial charge in [-0.1, -0.05) is 20.8 Å². The molecule has 0 unspecified atom stereocenters. The summed E-state index contributed by atoms with van der Waals surface area (Å²) in [6.45, 7) is 7.16. The lowest BCUT2D eigenvalue weighted by atomic mass is 9.71. The molecule has 0 nitrogen and oxygen atoms in total. The molecule has 64 valence electrons. The number of rotatable bonds is 0. The molecule has 2 bridgehead atoms. The second kappa shape index (κ2) is 1.96. The number of hydrogen-bond donors (Lipinski definition) is 0.